The Balaban J connectivity index is 2.00. The van der Waals surface area contributed by atoms with Crippen molar-refractivity contribution in [3.63, 3.8) is 0 Å². The third-order valence-corrected chi connectivity index (χ3v) is 5.68. The minimum absolute atomic E-state index is 0.139. The quantitative estimate of drug-likeness (QED) is 0.717. The summed E-state index contributed by atoms with van der Waals surface area (Å²) in [5.41, 5.74) is 0. The van der Waals surface area contributed by atoms with Crippen molar-refractivity contribution in [2.75, 3.05) is 20.2 Å². The van der Waals surface area contributed by atoms with E-state index in [-0.39, 0.29) is 12.2 Å². The molecule has 0 atom stereocenters. The zero-order chi connectivity index (χ0) is 14.7. The van der Waals surface area contributed by atoms with Crippen LogP contribution in [-0.4, -0.2) is 41.7 Å². The van der Waals surface area contributed by atoms with Crippen LogP contribution >= 0.6 is 34.1 Å². The van der Waals surface area contributed by atoms with E-state index in [2.05, 4.69) is 27.0 Å². The molecule has 1 aliphatic rings. The number of nitrogens with zero attached hydrogens (tertiary/aromatic N) is 2. The normalized spacial score (nSPS) is 16.6. The first-order valence-corrected chi connectivity index (χ1v) is 8.52. The van der Waals surface area contributed by atoms with Gasteiger partial charge in [-0.15, -0.1) is 0 Å². The van der Waals surface area contributed by atoms with Crippen LogP contribution < -0.4 is 4.74 Å². The van der Waals surface area contributed by atoms with Crippen LogP contribution in [0.5, 0.6) is 5.88 Å². The lowest BCUT2D eigenvalue weighted by molar-refractivity contribution is 0.112. The number of hydrogen-bond donors (Lipinski definition) is 0. The number of likely N-dealkylation sites (tertiary alicyclic amines) is 1. The second kappa shape index (κ2) is 6.93. The number of aromatic nitrogens is 1. The van der Waals surface area contributed by atoms with Crippen molar-refractivity contribution < 1.29 is 14.3 Å². The molecule has 20 heavy (non-hydrogen) atoms. The first kappa shape index (κ1) is 15.8. The number of carbonyl (C=O) groups is 1. The summed E-state index contributed by atoms with van der Waals surface area (Å²) < 4.78 is 16.0. The van der Waals surface area contributed by atoms with Crippen molar-refractivity contribution in [3.05, 3.63) is 8.45 Å². The topological polar surface area (TPSA) is 51.7 Å². The maximum absolute atomic E-state index is 11.5. The first-order valence-electron chi connectivity index (χ1n) is 6.67. The summed E-state index contributed by atoms with van der Waals surface area (Å²) in [6.07, 6.45) is 1.81. The van der Waals surface area contributed by atoms with Crippen LogP contribution in [0.4, 0.5) is 4.79 Å². The Morgan fingerprint density at radius 2 is 2.10 bits per heavy atom. The molecule has 0 unspecified atom stereocenters. The molecule has 0 saturated carbocycles. The maximum Gasteiger partial charge on any atom is 0.409 e. The van der Waals surface area contributed by atoms with Gasteiger partial charge >= 0.3 is 6.09 Å². The molecule has 0 aliphatic carbocycles. The van der Waals surface area contributed by atoms with Gasteiger partial charge in [-0.1, -0.05) is 0 Å². The monoisotopic (exact) mass is 410 g/mol. The number of hydrogen-bond acceptors (Lipinski definition) is 5. The van der Waals surface area contributed by atoms with Crippen molar-refractivity contribution in [2.24, 2.45) is 0 Å². The summed E-state index contributed by atoms with van der Waals surface area (Å²) >= 11 is 3.84. The molecule has 7 heteroatoms. The SMILES string of the molecule is COC(=O)N1CCC(c2snc(OC(C)C)c2I)CC1. The largest absolute Gasteiger partial charge is 0.474 e. The fourth-order valence-corrected chi connectivity index (χ4v) is 4.29. The van der Waals surface area contributed by atoms with Gasteiger partial charge in [-0.25, -0.2) is 4.79 Å². The van der Waals surface area contributed by atoms with Crippen molar-refractivity contribution >= 4 is 40.2 Å². The van der Waals surface area contributed by atoms with Gasteiger partial charge in [0.05, 0.1) is 16.8 Å². The smallest absolute Gasteiger partial charge is 0.409 e. The predicted molar refractivity (Wildman–Crippen MR) is 86.5 cm³/mol. The molecule has 0 bridgehead atoms. The van der Waals surface area contributed by atoms with E-state index >= 15 is 0 Å². The van der Waals surface area contributed by atoms with E-state index < -0.39 is 0 Å². The highest BCUT2D eigenvalue weighted by Gasteiger charge is 2.28. The molecule has 1 saturated heterocycles. The van der Waals surface area contributed by atoms with Gasteiger partial charge in [-0.3, -0.25) is 0 Å². The molecule has 0 aromatic carbocycles. The van der Waals surface area contributed by atoms with Crippen molar-refractivity contribution in [1.82, 2.24) is 9.27 Å². The number of methoxy groups -OCH3 is 1. The van der Waals surface area contributed by atoms with Gasteiger partial charge < -0.3 is 14.4 Å². The van der Waals surface area contributed by atoms with Crippen LogP contribution in [0.3, 0.4) is 0 Å². The van der Waals surface area contributed by atoms with Gasteiger partial charge in [0, 0.05) is 18.0 Å². The number of carbonyl (C=O) groups excluding carboxylic acids is 1. The average Bonchev–Trinajstić information content (AvgIpc) is 2.79. The van der Waals surface area contributed by atoms with E-state index in [1.165, 1.54) is 23.5 Å². The number of ether oxygens (including phenoxy) is 2. The molecule has 0 radical (unpaired) electrons. The summed E-state index contributed by atoms with van der Waals surface area (Å²) in [6, 6.07) is 0. The molecule has 1 aromatic rings. The van der Waals surface area contributed by atoms with Crippen LogP contribution in [0, 0.1) is 3.57 Å². The van der Waals surface area contributed by atoms with E-state index in [1.807, 2.05) is 13.8 Å². The summed E-state index contributed by atoms with van der Waals surface area (Å²) in [6.45, 7) is 5.49. The number of amides is 1. The summed E-state index contributed by atoms with van der Waals surface area (Å²) in [4.78, 5) is 14.5. The highest BCUT2D eigenvalue weighted by Crippen LogP contribution is 2.38. The van der Waals surface area contributed by atoms with Gasteiger partial charge in [0.2, 0.25) is 5.88 Å². The maximum atomic E-state index is 11.5. The van der Waals surface area contributed by atoms with Crippen LogP contribution in [0.2, 0.25) is 0 Å². The molecule has 2 rings (SSSR count). The van der Waals surface area contributed by atoms with E-state index in [4.69, 9.17) is 9.47 Å². The lowest BCUT2D eigenvalue weighted by atomic mass is 9.95. The van der Waals surface area contributed by atoms with Crippen LogP contribution in [0.15, 0.2) is 0 Å². The van der Waals surface area contributed by atoms with Crippen LogP contribution in [-0.2, 0) is 4.74 Å². The zero-order valence-corrected chi connectivity index (χ0v) is 14.9. The third kappa shape index (κ3) is 3.55. The lowest BCUT2D eigenvalue weighted by Gasteiger charge is -2.30. The number of piperidine rings is 1. The van der Waals surface area contributed by atoms with E-state index in [0.717, 1.165) is 35.4 Å². The van der Waals surface area contributed by atoms with E-state index in [9.17, 15) is 4.79 Å². The molecule has 0 spiro atoms. The Morgan fingerprint density at radius 3 is 2.65 bits per heavy atom. The lowest BCUT2D eigenvalue weighted by Crippen LogP contribution is -2.37. The van der Waals surface area contributed by atoms with Gasteiger partial charge in [0.25, 0.3) is 0 Å². The van der Waals surface area contributed by atoms with Gasteiger partial charge in [-0.05, 0) is 66.7 Å². The highest BCUT2D eigenvalue weighted by molar-refractivity contribution is 14.1. The Labute approximate surface area is 136 Å². The number of halogens is 1. The van der Waals surface area contributed by atoms with Gasteiger partial charge in [0.1, 0.15) is 0 Å². The summed E-state index contributed by atoms with van der Waals surface area (Å²) in [7, 11) is 1.43. The third-order valence-electron chi connectivity index (χ3n) is 3.28. The minimum Gasteiger partial charge on any atom is -0.474 e. The average molecular weight is 410 g/mol. The molecular weight excluding hydrogens is 391 g/mol. The Bertz CT molecular complexity index is 470. The second-order valence-electron chi connectivity index (χ2n) is 5.06. The molecule has 5 nitrogen and oxygen atoms in total. The Hall–Kier alpha value is -0.570. The van der Waals surface area contributed by atoms with Crippen molar-refractivity contribution in [2.45, 2.75) is 38.7 Å². The highest BCUT2D eigenvalue weighted by atomic mass is 127. The Kier molecular flexibility index (Phi) is 5.48. The van der Waals surface area contributed by atoms with Crippen molar-refractivity contribution in [1.29, 1.82) is 0 Å². The minimum atomic E-state index is -0.230. The molecule has 1 amide bonds. The predicted octanol–water partition coefficient (Wildman–Crippen LogP) is 3.48. The van der Waals surface area contributed by atoms with Crippen molar-refractivity contribution in [3.8, 4) is 5.88 Å². The molecular formula is C13H19IN2O3S. The fourth-order valence-electron chi connectivity index (χ4n) is 2.28. The number of rotatable bonds is 3. The second-order valence-corrected chi connectivity index (χ2v) is 6.95. The Morgan fingerprint density at radius 1 is 1.45 bits per heavy atom. The molecule has 0 N–H and O–H groups in total. The summed E-state index contributed by atoms with van der Waals surface area (Å²) in [5, 5.41) is 0. The molecule has 1 aromatic heterocycles. The van der Waals surface area contributed by atoms with Crippen LogP contribution in [0.25, 0.3) is 0 Å². The fraction of sp³-hybridized carbons (Fsp3) is 0.692. The molecule has 1 aliphatic heterocycles. The first-order chi connectivity index (χ1) is 9.52. The van der Waals surface area contributed by atoms with E-state index in [1.54, 1.807) is 4.90 Å². The molecule has 112 valence electrons. The van der Waals surface area contributed by atoms with Gasteiger partial charge in [0.15, 0.2) is 0 Å². The van der Waals surface area contributed by atoms with E-state index in [0.29, 0.717) is 5.92 Å². The standard InChI is InChI=1S/C13H19IN2O3S/c1-8(2)19-12-10(14)11(20-15-12)9-4-6-16(7-5-9)13(17)18-3/h8-9H,4-7H2,1-3H3. The summed E-state index contributed by atoms with van der Waals surface area (Å²) in [5.74, 6) is 1.21. The van der Waals surface area contributed by atoms with Crippen LogP contribution in [0.1, 0.15) is 37.5 Å². The zero-order valence-electron chi connectivity index (χ0n) is 11.9. The van der Waals surface area contributed by atoms with Gasteiger partial charge in [-0.2, -0.15) is 4.37 Å². The molecule has 2 heterocycles. The molecule has 1 fully saturated rings.